The van der Waals surface area contributed by atoms with Gasteiger partial charge in [0, 0.05) is 18.4 Å². The van der Waals surface area contributed by atoms with E-state index < -0.39 is 47.9 Å². The van der Waals surface area contributed by atoms with Gasteiger partial charge >= 0.3 is 5.97 Å². The number of hydrogen-bond donors (Lipinski definition) is 3. The van der Waals surface area contributed by atoms with Crippen molar-refractivity contribution in [3.63, 3.8) is 0 Å². The second-order valence-electron chi connectivity index (χ2n) is 10.3. The van der Waals surface area contributed by atoms with E-state index in [0.717, 1.165) is 24.5 Å². The maximum absolute atomic E-state index is 15.2. The molecule has 1 aliphatic heterocycles. The lowest BCUT2D eigenvalue weighted by atomic mass is 9.71. The number of ether oxygens (including phenoxy) is 1. The number of cyclic esters (lactones) is 1. The second-order valence-corrected chi connectivity index (χ2v) is 10.3. The van der Waals surface area contributed by atoms with Crippen LogP contribution in [-0.2, 0) is 20.9 Å². The van der Waals surface area contributed by atoms with Crippen LogP contribution in [0.4, 0.5) is 4.39 Å². The molecule has 0 aromatic carbocycles. The third kappa shape index (κ3) is 7.82. The average Bonchev–Trinajstić information content (AvgIpc) is 3.28. The monoisotopic (exact) mass is 508 g/mol. The van der Waals surface area contributed by atoms with Crippen LogP contribution in [0.2, 0.25) is 0 Å². The minimum atomic E-state index is -1.37. The van der Waals surface area contributed by atoms with E-state index in [-0.39, 0.29) is 36.3 Å². The van der Waals surface area contributed by atoms with Crippen molar-refractivity contribution < 1.29 is 33.3 Å². The summed E-state index contributed by atoms with van der Waals surface area (Å²) in [6.45, 7) is 8.84. The number of nitrogens with zero attached hydrogens (tertiary/aromatic N) is 1. The van der Waals surface area contributed by atoms with Crippen molar-refractivity contribution in [2.24, 2.45) is 23.0 Å². The molecule has 0 spiro atoms. The number of aromatic nitrogens is 1. The Morgan fingerprint density at radius 2 is 2.03 bits per heavy atom. The predicted octanol–water partition coefficient (Wildman–Crippen LogP) is 4.25. The molecule has 0 aliphatic carbocycles. The first-order chi connectivity index (χ1) is 16.9. The molecule has 5 unspecified atom stereocenters. The molecule has 202 valence electrons. The highest BCUT2D eigenvalue weighted by molar-refractivity contribution is 5.88. The zero-order valence-corrected chi connectivity index (χ0v) is 22.0. The number of halogens is 1. The highest BCUT2D eigenvalue weighted by Crippen LogP contribution is 2.34. The lowest BCUT2D eigenvalue weighted by molar-refractivity contribution is -0.155. The molecule has 0 saturated carbocycles. The molecule has 4 N–H and O–H groups in total. The van der Waals surface area contributed by atoms with Crippen LogP contribution in [0.1, 0.15) is 84.7 Å². The molecule has 1 aliphatic rings. The number of allylic oxidation sites excluding steroid dienone is 1. The van der Waals surface area contributed by atoms with Gasteiger partial charge in [-0.25, -0.2) is 9.37 Å². The van der Waals surface area contributed by atoms with Crippen LogP contribution >= 0.6 is 0 Å². The highest BCUT2D eigenvalue weighted by atomic mass is 19.1. The van der Waals surface area contributed by atoms with E-state index >= 15 is 4.39 Å². The molecule has 0 radical (unpaired) electrons. The number of aliphatic hydroxyl groups excluding tert-OH is 2. The van der Waals surface area contributed by atoms with Gasteiger partial charge in [-0.1, -0.05) is 39.3 Å². The Morgan fingerprint density at radius 3 is 2.64 bits per heavy atom. The number of nitrogens with two attached hydrogens (primary N) is 1. The molecule has 36 heavy (non-hydrogen) atoms. The smallest absolute Gasteiger partial charge is 0.309 e. The highest BCUT2D eigenvalue weighted by Gasteiger charge is 2.43. The molecule has 0 saturated heterocycles. The SMILES string of the molecule is CCC1C(=O)C(C)(C)C(O)CC(=O)OC(/C(F)=C/c2coc(CN)n2)C/C=C(\C)CCCC(C)C1O. The number of ketones is 1. The van der Waals surface area contributed by atoms with Crippen molar-refractivity contribution >= 4 is 17.8 Å². The zero-order valence-electron chi connectivity index (χ0n) is 22.0. The molecule has 2 rings (SSSR count). The number of oxazole rings is 1. The molecule has 0 fully saturated rings. The Kier molecular flexibility index (Phi) is 11.0. The summed E-state index contributed by atoms with van der Waals surface area (Å²) in [4.78, 5) is 30.1. The van der Waals surface area contributed by atoms with E-state index in [1.165, 1.54) is 6.26 Å². The first kappa shape index (κ1) is 29.9. The van der Waals surface area contributed by atoms with Gasteiger partial charge in [-0.15, -0.1) is 0 Å². The number of aliphatic hydroxyl groups is 2. The minimum absolute atomic E-state index is 0.0662. The Hall–Kier alpha value is -2.36. The number of hydrogen-bond acceptors (Lipinski definition) is 8. The van der Waals surface area contributed by atoms with E-state index in [2.05, 4.69) is 4.98 Å². The summed E-state index contributed by atoms with van der Waals surface area (Å²) in [7, 11) is 0. The van der Waals surface area contributed by atoms with Gasteiger partial charge < -0.3 is 25.1 Å². The van der Waals surface area contributed by atoms with Gasteiger partial charge in [-0.3, -0.25) is 9.59 Å². The van der Waals surface area contributed by atoms with Gasteiger partial charge in [0.15, 0.2) is 6.10 Å². The van der Waals surface area contributed by atoms with Gasteiger partial charge in [0.1, 0.15) is 23.6 Å². The molecular weight excluding hydrogens is 467 g/mol. The van der Waals surface area contributed by atoms with Crippen molar-refractivity contribution in [2.45, 2.75) is 98.0 Å². The lowest BCUT2D eigenvalue weighted by Gasteiger charge is -2.35. The third-order valence-corrected chi connectivity index (χ3v) is 7.12. The van der Waals surface area contributed by atoms with E-state index in [1.807, 2.05) is 26.8 Å². The maximum Gasteiger partial charge on any atom is 0.309 e. The quantitative estimate of drug-likeness (QED) is 0.406. The molecule has 9 heteroatoms. The van der Waals surface area contributed by atoms with E-state index in [0.29, 0.717) is 12.8 Å². The lowest BCUT2D eigenvalue weighted by Crippen LogP contribution is -2.46. The fourth-order valence-electron chi connectivity index (χ4n) is 4.46. The molecule has 5 atom stereocenters. The Balaban J connectivity index is 2.35. The molecule has 2 heterocycles. The summed E-state index contributed by atoms with van der Waals surface area (Å²) in [6.07, 6.45) is 2.99. The van der Waals surface area contributed by atoms with Gasteiger partial charge in [-0.05, 0) is 38.5 Å². The van der Waals surface area contributed by atoms with Crippen LogP contribution in [0.25, 0.3) is 6.08 Å². The van der Waals surface area contributed by atoms with E-state index in [9.17, 15) is 19.8 Å². The number of rotatable bonds is 4. The van der Waals surface area contributed by atoms with Crippen molar-refractivity contribution in [1.29, 1.82) is 0 Å². The van der Waals surface area contributed by atoms with Crippen molar-refractivity contribution in [1.82, 2.24) is 4.98 Å². The fourth-order valence-corrected chi connectivity index (χ4v) is 4.46. The standard InChI is InChI=1S/C27H41FN2O6/c1-6-19-25(33)17(3)9-7-8-16(2)10-11-21(20(28)12-18-15-35-23(14-29)30-18)36-24(32)13-22(31)27(4,5)26(19)34/h10,12,15,17,19,21-22,25,31,33H,6-9,11,13-14,29H2,1-5H3/b16-10+,20-12-. The number of esters is 1. The summed E-state index contributed by atoms with van der Waals surface area (Å²) in [6, 6.07) is 0. The summed E-state index contributed by atoms with van der Waals surface area (Å²) >= 11 is 0. The average molecular weight is 509 g/mol. The Labute approximate surface area is 212 Å². The van der Waals surface area contributed by atoms with Crippen molar-refractivity contribution in [3.8, 4) is 0 Å². The van der Waals surface area contributed by atoms with Crippen molar-refractivity contribution in [3.05, 3.63) is 35.3 Å². The number of carbonyl (C=O) groups excluding carboxylic acids is 2. The van der Waals surface area contributed by atoms with Gasteiger partial charge in [0.2, 0.25) is 5.89 Å². The fraction of sp³-hybridized carbons (Fsp3) is 0.667. The molecule has 1 aromatic rings. The van der Waals surface area contributed by atoms with Crippen LogP contribution < -0.4 is 5.73 Å². The van der Waals surface area contributed by atoms with Crippen LogP contribution in [0.3, 0.4) is 0 Å². The predicted molar refractivity (Wildman–Crippen MR) is 134 cm³/mol. The number of Topliss-reactive ketones (excluding diaryl/α,β-unsaturated/α-hetero) is 1. The summed E-state index contributed by atoms with van der Waals surface area (Å²) < 4.78 is 25.7. The molecular formula is C27H41FN2O6. The first-order valence-corrected chi connectivity index (χ1v) is 12.7. The van der Waals surface area contributed by atoms with Crippen molar-refractivity contribution in [2.75, 3.05) is 0 Å². The maximum atomic E-state index is 15.2. The summed E-state index contributed by atoms with van der Waals surface area (Å²) in [5.41, 5.74) is 5.38. The van der Waals surface area contributed by atoms with Crippen LogP contribution in [-0.4, -0.2) is 45.3 Å². The van der Waals surface area contributed by atoms with E-state index in [1.54, 1.807) is 13.8 Å². The normalized spacial score (nSPS) is 31.0. The molecule has 0 amide bonds. The second kappa shape index (κ2) is 13.3. The third-order valence-electron chi connectivity index (χ3n) is 7.12. The molecule has 0 bridgehead atoms. The Morgan fingerprint density at radius 1 is 1.33 bits per heavy atom. The van der Waals surface area contributed by atoms with Gasteiger partial charge in [-0.2, -0.15) is 0 Å². The van der Waals surface area contributed by atoms with Crippen LogP contribution in [0, 0.1) is 17.3 Å². The summed E-state index contributed by atoms with van der Waals surface area (Å²) in [5, 5.41) is 21.7. The minimum Gasteiger partial charge on any atom is -0.455 e. The summed E-state index contributed by atoms with van der Waals surface area (Å²) in [5.74, 6) is -2.40. The van der Waals surface area contributed by atoms with Gasteiger partial charge in [0.25, 0.3) is 0 Å². The molecule has 1 aromatic heterocycles. The van der Waals surface area contributed by atoms with Crippen LogP contribution in [0.15, 0.2) is 28.2 Å². The van der Waals surface area contributed by atoms with Crippen LogP contribution in [0.5, 0.6) is 0 Å². The first-order valence-electron chi connectivity index (χ1n) is 12.7. The molecule has 8 nitrogen and oxygen atoms in total. The number of carbonyl (C=O) groups is 2. The topological polar surface area (TPSA) is 136 Å². The largest absolute Gasteiger partial charge is 0.455 e. The zero-order chi connectivity index (χ0) is 27.0. The van der Waals surface area contributed by atoms with Gasteiger partial charge in [0.05, 0.1) is 30.6 Å². The van der Waals surface area contributed by atoms with E-state index in [4.69, 9.17) is 14.9 Å². The Bertz CT molecular complexity index is 954.